The van der Waals surface area contributed by atoms with Crippen molar-refractivity contribution in [1.29, 1.82) is 0 Å². The minimum absolute atomic E-state index is 0.0604. The Morgan fingerprint density at radius 2 is 1.73 bits per heavy atom. The molecule has 2 amide bonds. The number of halogens is 6. The van der Waals surface area contributed by atoms with Gasteiger partial charge in [-0.05, 0) is 43.7 Å². The number of nitrogens with one attached hydrogen (secondary N) is 3. The lowest BCUT2D eigenvalue weighted by Crippen LogP contribution is -2.48. The zero-order chi connectivity index (χ0) is 32.9. The van der Waals surface area contributed by atoms with Gasteiger partial charge in [-0.3, -0.25) is 9.59 Å². The highest BCUT2D eigenvalue weighted by molar-refractivity contribution is 6.08. The van der Waals surface area contributed by atoms with E-state index in [9.17, 15) is 35.9 Å². The molecule has 0 unspecified atom stereocenters. The van der Waals surface area contributed by atoms with E-state index in [1.54, 1.807) is 28.1 Å². The van der Waals surface area contributed by atoms with Crippen LogP contribution in [0.1, 0.15) is 35.7 Å². The van der Waals surface area contributed by atoms with E-state index < -0.39 is 29.8 Å². The van der Waals surface area contributed by atoms with Gasteiger partial charge in [-0.2, -0.15) is 31.4 Å². The number of anilines is 3. The smallest absolute Gasteiger partial charge is 0.475 e. The highest BCUT2D eigenvalue weighted by Crippen LogP contribution is 2.38. The third-order valence-electron chi connectivity index (χ3n) is 7.15. The molecule has 18 heteroatoms. The maximum Gasteiger partial charge on any atom is 0.490 e. The van der Waals surface area contributed by atoms with Crippen LogP contribution in [0.3, 0.4) is 0 Å². The van der Waals surface area contributed by atoms with Gasteiger partial charge in [0, 0.05) is 57.6 Å². The largest absolute Gasteiger partial charge is 0.490 e. The Balaban J connectivity index is 0.000000591. The molecule has 2 aliphatic rings. The molecule has 2 aromatic heterocycles. The molecule has 1 aromatic carbocycles. The molecule has 0 aliphatic carbocycles. The molecule has 2 saturated heterocycles. The minimum atomic E-state index is -5.08. The molecular formula is C27H30F6N8O4. The van der Waals surface area contributed by atoms with Crippen LogP contribution in [0.2, 0.25) is 0 Å². The average Bonchev–Trinajstić information content (AvgIpc) is 3.41. The fraction of sp³-hybridized carbons (Fsp3) is 0.444. The number of hydrogen-bond donors (Lipinski definition) is 4. The number of carbonyl (C=O) groups is 3. The molecule has 0 radical (unpaired) electrons. The molecule has 0 saturated carbocycles. The Kier molecular flexibility index (Phi) is 10.0. The van der Waals surface area contributed by atoms with E-state index in [0.29, 0.717) is 37.7 Å². The second-order valence-electron chi connectivity index (χ2n) is 10.3. The van der Waals surface area contributed by atoms with Crippen molar-refractivity contribution in [3.05, 3.63) is 47.8 Å². The van der Waals surface area contributed by atoms with E-state index in [1.165, 1.54) is 23.7 Å². The number of hydrogen-bond acceptors (Lipinski definition) is 8. The van der Waals surface area contributed by atoms with Crippen molar-refractivity contribution in [3.8, 4) is 0 Å². The summed E-state index contributed by atoms with van der Waals surface area (Å²) in [4.78, 5) is 41.5. The Morgan fingerprint density at radius 3 is 2.31 bits per heavy atom. The highest BCUT2D eigenvalue weighted by atomic mass is 19.4. The number of aromatic nitrogens is 3. The van der Waals surface area contributed by atoms with Gasteiger partial charge in [0.25, 0.3) is 5.91 Å². The summed E-state index contributed by atoms with van der Waals surface area (Å²) in [5.41, 5.74) is -0.619. The monoisotopic (exact) mass is 644 g/mol. The number of alkyl halides is 6. The van der Waals surface area contributed by atoms with E-state index in [4.69, 9.17) is 9.90 Å². The van der Waals surface area contributed by atoms with Gasteiger partial charge in [0.1, 0.15) is 11.4 Å². The fourth-order valence-corrected chi connectivity index (χ4v) is 4.84. The van der Waals surface area contributed by atoms with E-state index in [0.717, 1.165) is 32.0 Å². The third kappa shape index (κ3) is 8.52. The molecule has 2 fully saturated rings. The molecule has 45 heavy (non-hydrogen) atoms. The number of carboxylic acids is 1. The molecule has 244 valence electrons. The predicted molar refractivity (Wildman–Crippen MR) is 150 cm³/mol. The topological polar surface area (TPSA) is 144 Å². The maximum atomic E-state index is 14.0. The molecule has 0 spiro atoms. The van der Waals surface area contributed by atoms with Crippen molar-refractivity contribution in [2.24, 2.45) is 0 Å². The van der Waals surface area contributed by atoms with Gasteiger partial charge in [0.15, 0.2) is 5.65 Å². The lowest BCUT2D eigenvalue weighted by Gasteiger charge is -2.36. The van der Waals surface area contributed by atoms with Crippen molar-refractivity contribution in [1.82, 2.24) is 24.8 Å². The first-order valence-corrected chi connectivity index (χ1v) is 13.8. The van der Waals surface area contributed by atoms with Crippen LogP contribution < -0.4 is 20.9 Å². The van der Waals surface area contributed by atoms with Crippen LogP contribution in [0.5, 0.6) is 0 Å². The summed E-state index contributed by atoms with van der Waals surface area (Å²) in [5.74, 6) is -2.99. The minimum Gasteiger partial charge on any atom is -0.475 e. The zero-order valence-corrected chi connectivity index (χ0v) is 23.9. The first-order chi connectivity index (χ1) is 21.1. The van der Waals surface area contributed by atoms with E-state index in [2.05, 4.69) is 26.0 Å². The first kappa shape index (κ1) is 33.3. The zero-order valence-electron chi connectivity index (χ0n) is 23.9. The summed E-state index contributed by atoms with van der Waals surface area (Å²) in [6, 6.07) is 5.77. The van der Waals surface area contributed by atoms with Crippen molar-refractivity contribution < 1.29 is 45.8 Å². The van der Waals surface area contributed by atoms with Crippen LogP contribution in [-0.4, -0.2) is 93.9 Å². The summed E-state index contributed by atoms with van der Waals surface area (Å²) >= 11 is 0. The normalized spacial score (nSPS) is 17.4. The molecule has 5 rings (SSSR count). The van der Waals surface area contributed by atoms with Crippen LogP contribution in [0.4, 0.5) is 43.5 Å². The molecule has 4 heterocycles. The number of fused-ring (bicyclic) bond motifs is 1. The van der Waals surface area contributed by atoms with Crippen LogP contribution in [0.25, 0.3) is 5.65 Å². The van der Waals surface area contributed by atoms with E-state index >= 15 is 0 Å². The third-order valence-corrected chi connectivity index (χ3v) is 7.15. The van der Waals surface area contributed by atoms with Crippen molar-refractivity contribution in [2.45, 2.75) is 38.2 Å². The summed E-state index contributed by atoms with van der Waals surface area (Å²) in [7, 11) is 0. The number of aliphatic carboxylic acids is 1. The molecule has 3 aromatic rings. The van der Waals surface area contributed by atoms with Crippen LogP contribution in [0, 0.1) is 0 Å². The van der Waals surface area contributed by atoms with Gasteiger partial charge in [-0.25, -0.2) is 14.3 Å². The van der Waals surface area contributed by atoms with Gasteiger partial charge < -0.3 is 30.9 Å². The number of nitrogens with zero attached hydrogens (tertiary/aromatic N) is 5. The molecule has 0 bridgehead atoms. The number of amides is 2. The number of carbonyl (C=O) groups excluding carboxylic acids is 2. The predicted octanol–water partition coefficient (Wildman–Crippen LogP) is 3.47. The molecule has 12 nitrogen and oxygen atoms in total. The number of piperidine rings is 1. The maximum absolute atomic E-state index is 14.0. The van der Waals surface area contributed by atoms with Crippen LogP contribution in [0.15, 0.2) is 36.7 Å². The Labute approximate surface area is 252 Å². The number of piperazine rings is 1. The first-order valence-electron chi connectivity index (χ1n) is 13.8. The Morgan fingerprint density at radius 1 is 1.04 bits per heavy atom. The quantitative estimate of drug-likeness (QED) is 0.307. The van der Waals surface area contributed by atoms with Gasteiger partial charge in [0.2, 0.25) is 5.91 Å². The molecular weight excluding hydrogens is 614 g/mol. The van der Waals surface area contributed by atoms with Crippen molar-refractivity contribution in [3.63, 3.8) is 0 Å². The van der Waals surface area contributed by atoms with Crippen molar-refractivity contribution >= 4 is 40.6 Å². The second-order valence-corrected chi connectivity index (χ2v) is 10.3. The average molecular weight is 645 g/mol. The highest BCUT2D eigenvalue weighted by Gasteiger charge is 2.38. The van der Waals surface area contributed by atoms with Gasteiger partial charge in [0.05, 0.1) is 17.4 Å². The van der Waals surface area contributed by atoms with Gasteiger partial charge in [-0.1, -0.05) is 0 Å². The Hall–Kier alpha value is -4.61. The number of benzene rings is 1. The Bertz CT molecular complexity index is 1530. The van der Waals surface area contributed by atoms with Crippen LogP contribution in [-0.2, 0) is 15.8 Å². The summed E-state index contributed by atoms with van der Waals surface area (Å²) in [5, 5.41) is 20.3. The summed E-state index contributed by atoms with van der Waals surface area (Å²) in [6.45, 7) is 4.95. The fourth-order valence-electron chi connectivity index (χ4n) is 4.84. The number of carboxylic acid groups (broad SMARTS) is 1. The van der Waals surface area contributed by atoms with Crippen molar-refractivity contribution in [2.75, 3.05) is 54.8 Å². The van der Waals surface area contributed by atoms with Gasteiger partial charge >= 0.3 is 18.3 Å². The SMILES string of the molecule is CC(=O)N1CCN(c2ccc(NC(=O)c3cnn4ccc(N[C@@H]5CCCNC5)nc34)c(C(F)(F)F)c2)CC1.O=C(O)C(F)(F)F. The van der Waals surface area contributed by atoms with E-state index in [1.807, 2.05) is 0 Å². The molecule has 1 atom stereocenters. The standard InChI is InChI=1S/C25H29F3N8O2.C2HF3O2/c1-16(37)34-9-11-35(12-10-34)18-4-5-21(20(13-18)25(26,27)28)32-24(38)19-15-30-36-8-6-22(33-23(19)36)31-17-3-2-7-29-14-17;3-2(4,5)1(6)7/h4-6,8,13,15,17,29H,2-3,7,9-12,14H2,1H3,(H,31,33)(H,32,38);(H,6,7)/t17-;/m1./s1. The lowest BCUT2D eigenvalue weighted by molar-refractivity contribution is -0.192. The summed E-state index contributed by atoms with van der Waals surface area (Å²) < 4.78 is 75.2. The van der Waals surface area contributed by atoms with Gasteiger partial charge in [-0.15, -0.1) is 0 Å². The lowest BCUT2D eigenvalue weighted by atomic mass is 10.1. The van der Waals surface area contributed by atoms with E-state index in [-0.39, 0.29) is 28.8 Å². The molecule has 4 N–H and O–H groups in total. The molecule has 2 aliphatic heterocycles. The number of rotatable bonds is 5. The second kappa shape index (κ2) is 13.6. The summed E-state index contributed by atoms with van der Waals surface area (Å²) in [6.07, 6.45) is -4.81. The van der Waals surface area contributed by atoms with Crippen LogP contribution >= 0.6 is 0 Å².